The van der Waals surface area contributed by atoms with E-state index in [9.17, 15) is 34.8 Å². The molecule has 6 rings (SSSR count). The van der Waals surface area contributed by atoms with Crippen molar-refractivity contribution in [2.75, 3.05) is 27.2 Å². The van der Waals surface area contributed by atoms with Crippen LogP contribution in [0.25, 0.3) is 0 Å². The summed E-state index contributed by atoms with van der Waals surface area (Å²) in [5, 5.41) is 45.6. The van der Waals surface area contributed by atoms with Gasteiger partial charge in [-0.2, -0.15) is 0 Å². The fraction of sp³-hybridized carbons (Fsp3) is 0.406. The first-order chi connectivity index (χ1) is 20.4. The largest absolute Gasteiger partial charge is 0.510 e. The number of carbonyl (C=O) groups excluding carboxylic acids is 3. The number of likely N-dealkylation sites (N-methyl/N-ethyl adjacent to an activating group) is 1. The highest BCUT2D eigenvalue weighted by atomic mass is 35.5. The van der Waals surface area contributed by atoms with Gasteiger partial charge in [0.15, 0.2) is 11.4 Å². The molecule has 0 aromatic heterocycles. The second-order valence-corrected chi connectivity index (χ2v) is 12.6. The zero-order chi connectivity index (χ0) is 31.0. The van der Waals surface area contributed by atoms with Crippen LogP contribution in [-0.4, -0.2) is 86.5 Å². The number of rotatable bonds is 4. The molecule has 0 fully saturated rings. The Bertz CT molecular complexity index is 1620. The van der Waals surface area contributed by atoms with Crippen molar-refractivity contribution >= 4 is 29.1 Å². The number of aliphatic hydroxyl groups is 3. The molecular formula is C32H34ClN3O7. The van der Waals surface area contributed by atoms with Gasteiger partial charge in [-0.1, -0.05) is 35.9 Å². The minimum Gasteiger partial charge on any atom is -0.510 e. The molecule has 1 heterocycles. The van der Waals surface area contributed by atoms with E-state index in [2.05, 4.69) is 17.0 Å². The van der Waals surface area contributed by atoms with E-state index in [1.807, 2.05) is 12.1 Å². The van der Waals surface area contributed by atoms with Crippen LogP contribution in [0, 0.1) is 11.8 Å². The Labute approximate surface area is 253 Å². The summed E-state index contributed by atoms with van der Waals surface area (Å²) in [6.45, 7) is 2.07. The van der Waals surface area contributed by atoms with Crippen LogP contribution in [0.4, 0.5) is 0 Å². The van der Waals surface area contributed by atoms with Crippen LogP contribution in [0.3, 0.4) is 0 Å². The summed E-state index contributed by atoms with van der Waals surface area (Å²) in [6, 6.07) is 8.77. The molecule has 0 spiro atoms. The van der Waals surface area contributed by atoms with Crippen molar-refractivity contribution in [3.05, 3.63) is 85.8 Å². The van der Waals surface area contributed by atoms with Crippen LogP contribution in [-0.2, 0) is 35.4 Å². The number of hydrogen-bond acceptors (Lipinski definition) is 9. The Morgan fingerprint density at radius 3 is 2.33 bits per heavy atom. The fourth-order valence-electron chi connectivity index (χ4n) is 7.58. The maximum absolute atomic E-state index is 13.9. The highest BCUT2D eigenvalue weighted by molar-refractivity contribution is 6.33. The maximum Gasteiger partial charge on any atom is 0.255 e. The number of halogens is 1. The van der Waals surface area contributed by atoms with E-state index in [-0.39, 0.29) is 29.7 Å². The van der Waals surface area contributed by atoms with E-state index >= 15 is 0 Å². The Balaban J connectivity index is 1.38. The number of nitrogens with zero attached hydrogens (tertiary/aromatic N) is 2. The van der Waals surface area contributed by atoms with E-state index in [1.165, 1.54) is 22.1 Å². The number of amides is 1. The smallest absolute Gasteiger partial charge is 0.255 e. The highest BCUT2D eigenvalue weighted by Crippen LogP contribution is 2.53. The summed E-state index contributed by atoms with van der Waals surface area (Å²) in [4.78, 5) is 43.2. The number of hydrogen-bond donors (Lipinski definition) is 5. The first-order valence-corrected chi connectivity index (χ1v) is 14.7. The van der Waals surface area contributed by atoms with Crippen LogP contribution in [0.5, 0.6) is 5.75 Å². The Morgan fingerprint density at radius 1 is 1.12 bits per heavy atom. The number of primary amides is 1. The molecule has 2 aromatic carbocycles. The number of fused-ring (bicyclic) bond motifs is 4. The molecule has 226 valence electrons. The summed E-state index contributed by atoms with van der Waals surface area (Å²) < 4.78 is 0. The maximum atomic E-state index is 13.9. The third-order valence-electron chi connectivity index (χ3n) is 9.64. The number of Topliss-reactive ketones (excluding diaryl/α,β-unsaturated/α-hetero) is 2. The normalized spacial score (nSPS) is 27.4. The second-order valence-electron chi connectivity index (χ2n) is 12.2. The van der Waals surface area contributed by atoms with Gasteiger partial charge < -0.3 is 26.2 Å². The molecule has 0 radical (unpaired) electrons. The van der Waals surface area contributed by atoms with Gasteiger partial charge in [-0.3, -0.25) is 24.2 Å². The molecule has 3 aliphatic carbocycles. The summed E-state index contributed by atoms with van der Waals surface area (Å²) in [5.41, 5.74) is 5.33. The van der Waals surface area contributed by atoms with Crippen LogP contribution in [0.1, 0.15) is 39.0 Å². The summed E-state index contributed by atoms with van der Waals surface area (Å²) >= 11 is 6.95. The summed E-state index contributed by atoms with van der Waals surface area (Å²) in [5.74, 6) is -6.84. The lowest BCUT2D eigenvalue weighted by molar-refractivity contribution is -0.148. The number of aliphatic hydroxyl groups excluding tert-OH is 2. The average molecular weight is 608 g/mol. The minimum atomic E-state index is -2.67. The van der Waals surface area contributed by atoms with Gasteiger partial charge in [0, 0.05) is 36.1 Å². The van der Waals surface area contributed by atoms with Gasteiger partial charge in [0.25, 0.3) is 5.91 Å². The van der Waals surface area contributed by atoms with Crippen LogP contribution >= 0.6 is 11.6 Å². The van der Waals surface area contributed by atoms with Crippen molar-refractivity contribution in [1.82, 2.24) is 9.80 Å². The van der Waals surface area contributed by atoms with E-state index in [0.717, 1.165) is 25.9 Å². The Kier molecular flexibility index (Phi) is 7.16. The Morgan fingerprint density at radius 2 is 1.74 bits per heavy atom. The van der Waals surface area contributed by atoms with Gasteiger partial charge in [0.1, 0.15) is 22.8 Å². The molecular weight excluding hydrogens is 574 g/mol. The fourth-order valence-corrected chi connectivity index (χ4v) is 7.87. The van der Waals surface area contributed by atoms with Crippen LogP contribution in [0.15, 0.2) is 53.0 Å². The molecule has 2 aromatic rings. The predicted octanol–water partition coefficient (Wildman–Crippen LogP) is 2.37. The van der Waals surface area contributed by atoms with E-state index in [0.29, 0.717) is 22.7 Å². The van der Waals surface area contributed by atoms with Gasteiger partial charge in [-0.25, -0.2) is 0 Å². The summed E-state index contributed by atoms with van der Waals surface area (Å²) in [7, 11) is 3.19. The molecule has 1 aliphatic heterocycles. The Hall–Kier alpha value is -3.70. The van der Waals surface area contributed by atoms with E-state index in [4.69, 9.17) is 17.3 Å². The third-order valence-corrected chi connectivity index (χ3v) is 10.1. The molecule has 4 aliphatic rings. The van der Waals surface area contributed by atoms with E-state index < -0.39 is 58.0 Å². The van der Waals surface area contributed by atoms with E-state index in [1.54, 1.807) is 14.1 Å². The molecule has 6 N–H and O–H groups in total. The monoisotopic (exact) mass is 607 g/mol. The van der Waals surface area contributed by atoms with Crippen LogP contribution < -0.4 is 5.73 Å². The molecule has 0 saturated heterocycles. The van der Waals surface area contributed by atoms with Crippen molar-refractivity contribution < 1.29 is 34.8 Å². The van der Waals surface area contributed by atoms with Crippen LogP contribution in [0.2, 0.25) is 5.02 Å². The average Bonchev–Trinajstić information content (AvgIpc) is 3.15. The minimum absolute atomic E-state index is 0.0114. The van der Waals surface area contributed by atoms with Crippen molar-refractivity contribution in [3.8, 4) is 5.75 Å². The highest BCUT2D eigenvalue weighted by Gasteiger charge is 2.63. The van der Waals surface area contributed by atoms with Gasteiger partial charge in [0.2, 0.25) is 5.78 Å². The third kappa shape index (κ3) is 4.38. The number of carbonyl (C=O) groups is 3. The predicted molar refractivity (Wildman–Crippen MR) is 158 cm³/mol. The molecule has 0 bridgehead atoms. The van der Waals surface area contributed by atoms with Gasteiger partial charge in [-0.15, -0.1) is 0 Å². The number of phenols is 1. The quantitative estimate of drug-likeness (QED) is 0.328. The van der Waals surface area contributed by atoms with Crippen molar-refractivity contribution in [2.24, 2.45) is 17.6 Å². The second kappa shape index (κ2) is 10.5. The lowest BCUT2D eigenvalue weighted by Crippen LogP contribution is -2.63. The lowest BCUT2D eigenvalue weighted by Gasteiger charge is -2.50. The number of phenolic OH excluding ortho intramolecular Hbond substituents is 1. The van der Waals surface area contributed by atoms with Gasteiger partial charge >= 0.3 is 0 Å². The molecule has 0 saturated carbocycles. The standard InChI is InChI=1S/C32H34ClN3O7/c1-35(2)26-20-12-17-11-19-23(27(38)22(17)29(40)32(20,43)30(41)24(28(26)39)31(34)42)21(37)13-18(25(19)33)14-36-9-7-15-5-3-4-6-16(15)8-10-36/h3-6,13,17,20,26,37,39-40,43H,7-12,14H2,1-2H3,(H2,34,42)/t17-,20-,26-,32-/m0/s1. The number of benzene rings is 2. The van der Waals surface area contributed by atoms with Gasteiger partial charge in [-0.05, 0) is 74.0 Å². The molecule has 10 nitrogen and oxygen atoms in total. The molecule has 11 heteroatoms. The first-order valence-electron chi connectivity index (χ1n) is 14.3. The molecule has 4 atom stereocenters. The molecule has 43 heavy (non-hydrogen) atoms. The van der Waals surface area contributed by atoms with Gasteiger partial charge in [0.05, 0.1) is 11.6 Å². The lowest BCUT2D eigenvalue weighted by atomic mass is 9.58. The van der Waals surface area contributed by atoms with Crippen molar-refractivity contribution in [2.45, 2.75) is 43.9 Å². The van der Waals surface area contributed by atoms with Crippen molar-refractivity contribution in [1.29, 1.82) is 0 Å². The number of allylic oxidation sites excluding steroid dienone is 1. The zero-order valence-electron chi connectivity index (χ0n) is 23.9. The molecule has 1 amide bonds. The molecule has 0 unspecified atom stereocenters. The number of nitrogens with two attached hydrogens (primary N) is 1. The number of aromatic hydroxyl groups is 1. The van der Waals surface area contributed by atoms with Crippen molar-refractivity contribution in [3.63, 3.8) is 0 Å². The topological polar surface area (TPSA) is 165 Å². The SMILES string of the molecule is CN(C)[C@@H]1C(O)=C(C(N)=O)C(=O)[C@@]2(O)C(O)=C3C(=O)c4c(O)cc(CN5CCc6ccccc6CC5)c(Cl)c4C[C@H]3C[C@@H]12. The first kappa shape index (κ1) is 29.4. The number of ketones is 2. The summed E-state index contributed by atoms with van der Waals surface area (Å²) in [6.07, 6.45) is 1.93. The zero-order valence-corrected chi connectivity index (χ0v) is 24.7.